The molecule has 0 amide bonds. The summed E-state index contributed by atoms with van der Waals surface area (Å²) in [6, 6.07) is 2.01. The molecule has 0 aromatic carbocycles. The van der Waals surface area contributed by atoms with E-state index < -0.39 is 0 Å². The average Bonchev–Trinajstić information content (AvgIpc) is 3.07. The Kier molecular flexibility index (Phi) is 5.74. The summed E-state index contributed by atoms with van der Waals surface area (Å²) in [4.78, 5) is 13.8. The summed E-state index contributed by atoms with van der Waals surface area (Å²) in [6.07, 6.45) is 7.79. The fourth-order valence-electron chi connectivity index (χ4n) is 3.25. The van der Waals surface area contributed by atoms with Crippen LogP contribution in [0, 0.1) is 13.8 Å². The third-order valence-electron chi connectivity index (χ3n) is 4.70. The van der Waals surface area contributed by atoms with Crippen molar-refractivity contribution in [3.8, 4) is 5.75 Å². The Morgan fingerprint density at radius 2 is 2.11 bits per heavy atom. The van der Waals surface area contributed by atoms with Gasteiger partial charge in [-0.15, -0.1) is 0 Å². The van der Waals surface area contributed by atoms with Crippen LogP contribution >= 0.6 is 0 Å². The number of ether oxygens (including phenoxy) is 1. The van der Waals surface area contributed by atoms with Crippen LogP contribution in [0.1, 0.15) is 42.4 Å². The molecule has 3 aromatic heterocycles. The molecule has 3 rings (SSSR count). The van der Waals surface area contributed by atoms with Crippen LogP contribution in [-0.2, 0) is 6.54 Å². The summed E-state index contributed by atoms with van der Waals surface area (Å²) in [5.74, 6) is 2.36. The van der Waals surface area contributed by atoms with Crippen molar-refractivity contribution in [3.05, 3.63) is 47.7 Å². The van der Waals surface area contributed by atoms with Gasteiger partial charge in [0.1, 0.15) is 11.3 Å². The van der Waals surface area contributed by atoms with Gasteiger partial charge in [0.05, 0.1) is 24.9 Å². The molecule has 0 atom stereocenters. The van der Waals surface area contributed by atoms with E-state index in [0.717, 1.165) is 58.8 Å². The topological polar surface area (TPSA) is 64.9 Å². The summed E-state index contributed by atoms with van der Waals surface area (Å²) in [6.45, 7) is 11.5. The third kappa shape index (κ3) is 3.79. The number of anilines is 1. The molecule has 0 spiro atoms. The molecule has 0 unspecified atom stereocenters. The Balaban J connectivity index is 2.04. The standard InChI is InChI=1S/C21H27N5O/c1-6-8-10-22-21-19-16(24-18(7-2)25-21)9-11-26(19)13-17-15(4)20(27-5)14(3)12-23-17/h7,9,11-12H,2,6,8,10,13H2,1,3-5H3,(H,22,24,25). The van der Waals surface area contributed by atoms with Crippen molar-refractivity contribution in [1.82, 2.24) is 19.5 Å². The number of fused-ring (bicyclic) bond motifs is 1. The number of pyridine rings is 1. The van der Waals surface area contributed by atoms with Gasteiger partial charge in [-0.2, -0.15) is 0 Å². The smallest absolute Gasteiger partial charge is 0.154 e. The maximum absolute atomic E-state index is 5.55. The fraction of sp³-hybridized carbons (Fsp3) is 0.381. The first-order chi connectivity index (χ1) is 13.1. The molecular formula is C21H27N5O. The van der Waals surface area contributed by atoms with Gasteiger partial charge in [0, 0.05) is 30.1 Å². The summed E-state index contributed by atoms with van der Waals surface area (Å²) >= 11 is 0. The monoisotopic (exact) mass is 365 g/mol. The number of nitrogens with one attached hydrogen (secondary N) is 1. The van der Waals surface area contributed by atoms with E-state index in [1.54, 1.807) is 13.2 Å². The highest BCUT2D eigenvalue weighted by molar-refractivity contribution is 5.87. The van der Waals surface area contributed by atoms with Crippen LogP contribution in [0.5, 0.6) is 5.75 Å². The van der Waals surface area contributed by atoms with Crippen molar-refractivity contribution in [2.45, 2.75) is 40.2 Å². The minimum absolute atomic E-state index is 0.630. The molecule has 0 fully saturated rings. The van der Waals surface area contributed by atoms with Gasteiger partial charge in [-0.3, -0.25) is 4.98 Å². The Morgan fingerprint density at radius 3 is 2.81 bits per heavy atom. The lowest BCUT2D eigenvalue weighted by molar-refractivity contribution is 0.406. The minimum Gasteiger partial charge on any atom is -0.496 e. The van der Waals surface area contributed by atoms with Crippen molar-refractivity contribution in [3.63, 3.8) is 0 Å². The number of aryl methyl sites for hydroxylation is 1. The van der Waals surface area contributed by atoms with Gasteiger partial charge < -0.3 is 14.6 Å². The molecule has 1 N–H and O–H groups in total. The van der Waals surface area contributed by atoms with Crippen LogP contribution in [0.2, 0.25) is 0 Å². The van der Waals surface area contributed by atoms with Crippen LogP contribution in [-0.4, -0.2) is 33.2 Å². The minimum atomic E-state index is 0.630. The fourth-order valence-corrected chi connectivity index (χ4v) is 3.25. The summed E-state index contributed by atoms with van der Waals surface area (Å²) in [7, 11) is 1.70. The number of unbranched alkanes of at least 4 members (excludes halogenated alkanes) is 1. The number of methoxy groups -OCH3 is 1. The average molecular weight is 365 g/mol. The number of nitrogens with zero attached hydrogens (tertiary/aromatic N) is 4. The molecule has 0 aliphatic heterocycles. The zero-order valence-corrected chi connectivity index (χ0v) is 16.5. The molecule has 0 saturated heterocycles. The van der Waals surface area contributed by atoms with Crippen LogP contribution in [0.4, 0.5) is 5.82 Å². The van der Waals surface area contributed by atoms with Gasteiger partial charge in [0.15, 0.2) is 11.6 Å². The molecule has 3 heterocycles. The predicted octanol–water partition coefficient (Wildman–Crippen LogP) is 4.36. The Bertz CT molecular complexity index is 961. The van der Waals surface area contributed by atoms with E-state index in [1.165, 1.54) is 0 Å². The van der Waals surface area contributed by atoms with Crippen molar-refractivity contribution in [2.75, 3.05) is 19.0 Å². The van der Waals surface area contributed by atoms with Crippen LogP contribution in [0.25, 0.3) is 17.1 Å². The molecule has 3 aromatic rings. The Morgan fingerprint density at radius 1 is 1.30 bits per heavy atom. The molecule has 0 bridgehead atoms. The van der Waals surface area contributed by atoms with Crippen molar-refractivity contribution in [2.24, 2.45) is 0 Å². The highest BCUT2D eigenvalue weighted by Gasteiger charge is 2.15. The second-order valence-corrected chi connectivity index (χ2v) is 6.64. The SMILES string of the molecule is C=Cc1nc(NCCCC)c2c(ccn2Cc2ncc(C)c(OC)c2C)n1. The zero-order valence-electron chi connectivity index (χ0n) is 16.5. The third-order valence-corrected chi connectivity index (χ3v) is 4.70. The normalized spacial score (nSPS) is 11.0. The Hall–Kier alpha value is -2.89. The quantitative estimate of drug-likeness (QED) is 0.601. The first-order valence-electron chi connectivity index (χ1n) is 9.31. The highest BCUT2D eigenvalue weighted by atomic mass is 16.5. The molecule has 0 saturated carbocycles. The summed E-state index contributed by atoms with van der Waals surface area (Å²) in [5, 5.41) is 3.46. The maximum atomic E-state index is 5.55. The van der Waals surface area contributed by atoms with Crippen molar-refractivity contribution >= 4 is 22.9 Å². The second-order valence-electron chi connectivity index (χ2n) is 6.64. The second kappa shape index (κ2) is 8.20. The van der Waals surface area contributed by atoms with Crippen molar-refractivity contribution < 1.29 is 4.74 Å². The molecular weight excluding hydrogens is 338 g/mol. The van der Waals surface area contributed by atoms with Gasteiger partial charge in [-0.25, -0.2) is 9.97 Å². The molecule has 0 aliphatic carbocycles. The maximum Gasteiger partial charge on any atom is 0.154 e. The lowest BCUT2D eigenvalue weighted by Gasteiger charge is -2.15. The first kappa shape index (κ1) is 18.9. The van der Waals surface area contributed by atoms with E-state index >= 15 is 0 Å². The van der Waals surface area contributed by atoms with Crippen LogP contribution in [0.3, 0.4) is 0 Å². The number of hydrogen-bond acceptors (Lipinski definition) is 5. The van der Waals surface area contributed by atoms with Gasteiger partial charge >= 0.3 is 0 Å². The first-order valence-corrected chi connectivity index (χ1v) is 9.31. The van der Waals surface area contributed by atoms with Gasteiger partial charge in [0.2, 0.25) is 0 Å². The lowest BCUT2D eigenvalue weighted by atomic mass is 10.1. The molecule has 0 aliphatic rings. The van der Waals surface area contributed by atoms with E-state index in [0.29, 0.717) is 12.4 Å². The zero-order chi connectivity index (χ0) is 19.4. The molecule has 0 radical (unpaired) electrons. The summed E-state index contributed by atoms with van der Waals surface area (Å²) < 4.78 is 7.68. The largest absolute Gasteiger partial charge is 0.496 e. The highest BCUT2D eigenvalue weighted by Crippen LogP contribution is 2.27. The van der Waals surface area contributed by atoms with E-state index in [9.17, 15) is 0 Å². The van der Waals surface area contributed by atoms with Gasteiger partial charge in [0.25, 0.3) is 0 Å². The van der Waals surface area contributed by atoms with Gasteiger partial charge in [-0.05, 0) is 32.4 Å². The van der Waals surface area contributed by atoms with Crippen LogP contribution in [0.15, 0.2) is 25.0 Å². The lowest BCUT2D eigenvalue weighted by Crippen LogP contribution is -2.10. The summed E-state index contributed by atoms with van der Waals surface area (Å²) in [5.41, 5.74) is 4.95. The predicted molar refractivity (Wildman–Crippen MR) is 110 cm³/mol. The van der Waals surface area contributed by atoms with Gasteiger partial charge in [-0.1, -0.05) is 19.9 Å². The molecule has 27 heavy (non-hydrogen) atoms. The Labute approximate surface area is 160 Å². The van der Waals surface area contributed by atoms with E-state index in [2.05, 4.69) is 38.3 Å². The molecule has 6 heteroatoms. The molecule has 142 valence electrons. The number of rotatable bonds is 8. The van der Waals surface area contributed by atoms with Crippen LogP contribution < -0.4 is 10.1 Å². The van der Waals surface area contributed by atoms with Crippen molar-refractivity contribution in [1.29, 1.82) is 0 Å². The van der Waals surface area contributed by atoms with E-state index in [1.807, 2.05) is 32.3 Å². The number of hydrogen-bond donors (Lipinski definition) is 1. The number of aromatic nitrogens is 4. The van der Waals surface area contributed by atoms with E-state index in [4.69, 9.17) is 4.74 Å². The molecule has 6 nitrogen and oxygen atoms in total. The van der Waals surface area contributed by atoms with E-state index in [-0.39, 0.29) is 0 Å².